The first kappa shape index (κ1) is 15.9. The number of hydrogen-bond acceptors (Lipinski definition) is 4. The first-order valence-corrected chi connectivity index (χ1v) is 7.86. The average Bonchev–Trinajstić information content (AvgIpc) is 3.27. The minimum absolute atomic E-state index is 0.224. The van der Waals surface area contributed by atoms with Crippen molar-refractivity contribution in [3.63, 3.8) is 0 Å². The van der Waals surface area contributed by atoms with E-state index in [0.717, 1.165) is 10.0 Å². The Morgan fingerprint density at radius 3 is 2.83 bits per heavy atom. The highest BCUT2D eigenvalue weighted by Gasteiger charge is 2.11. The van der Waals surface area contributed by atoms with E-state index in [-0.39, 0.29) is 5.69 Å². The Hall–Kier alpha value is -2.93. The van der Waals surface area contributed by atoms with Crippen LogP contribution in [0.15, 0.2) is 68.8 Å². The lowest BCUT2D eigenvalue weighted by atomic mass is 10.2. The molecule has 0 aliphatic rings. The second kappa shape index (κ2) is 7.56. The molecule has 0 saturated carbocycles. The summed E-state index contributed by atoms with van der Waals surface area (Å²) < 4.78 is 5.96. The van der Waals surface area contributed by atoms with Gasteiger partial charge in [0.05, 0.1) is 12.5 Å². The van der Waals surface area contributed by atoms with Crippen LogP contribution in [0.4, 0.5) is 0 Å². The Kier molecular flexibility index (Phi) is 5.02. The van der Waals surface area contributed by atoms with Gasteiger partial charge in [0.2, 0.25) is 0 Å². The van der Waals surface area contributed by atoms with E-state index in [1.165, 1.54) is 6.21 Å². The fourth-order valence-corrected chi connectivity index (χ4v) is 2.32. The summed E-state index contributed by atoms with van der Waals surface area (Å²) in [6.07, 6.45) is 4.95. The number of aromatic amines is 1. The second-order valence-corrected chi connectivity index (χ2v) is 5.70. The van der Waals surface area contributed by atoms with Gasteiger partial charge in [-0.15, -0.1) is 0 Å². The number of rotatable bonds is 5. The molecule has 0 bridgehead atoms. The number of allylic oxidation sites excluding steroid dienone is 1. The molecule has 6 nitrogen and oxygen atoms in total. The molecule has 0 unspecified atom stereocenters. The van der Waals surface area contributed by atoms with Crippen LogP contribution in [0.25, 0.3) is 17.5 Å². The highest BCUT2D eigenvalue weighted by Crippen LogP contribution is 2.17. The lowest BCUT2D eigenvalue weighted by molar-refractivity contribution is 0.0950. The predicted molar refractivity (Wildman–Crippen MR) is 95.6 cm³/mol. The number of hydrogen-bond donors (Lipinski definition) is 2. The van der Waals surface area contributed by atoms with Crippen LogP contribution in [0.5, 0.6) is 0 Å². The third-order valence-electron chi connectivity index (χ3n) is 3.06. The van der Waals surface area contributed by atoms with Crippen molar-refractivity contribution >= 4 is 34.1 Å². The zero-order valence-electron chi connectivity index (χ0n) is 12.4. The number of carbonyl (C=O) groups is 1. The van der Waals surface area contributed by atoms with E-state index >= 15 is 0 Å². The summed E-state index contributed by atoms with van der Waals surface area (Å²) >= 11 is 3.38. The highest BCUT2D eigenvalue weighted by atomic mass is 79.9. The van der Waals surface area contributed by atoms with Gasteiger partial charge in [-0.05, 0) is 39.7 Å². The molecule has 0 spiro atoms. The molecular weight excluding hydrogens is 372 g/mol. The van der Waals surface area contributed by atoms with E-state index in [4.69, 9.17) is 4.42 Å². The van der Waals surface area contributed by atoms with Crippen LogP contribution in [0, 0.1) is 0 Å². The summed E-state index contributed by atoms with van der Waals surface area (Å²) in [5.74, 6) is 0.193. The molecule has 3 rings (SSSR count). The van der Waals surface area contributed by atoms with Gasteiger partial charge in [-0.1, -0.05) is 30.3 Å². The summed E-state index contributed by atoms with van der Waals surface area (Å²) in [6, 6.07) is 14.9. The highest BCUT2D eigenvalue weighted by molar-refractivity contribution is 9.12. The first-order chi connectivity index (χ1) is 11.7. The minimum Gasteiger partial charge on any atom is -0.463 e. The maximum Gasteiger partial charge on any atom is 0.291 e. The first-order valence-electron chi connectivity index (χ1n) is 7.07. The monoisotopic (exact) mass is 384 g/mol. The number of H-pyrrole nitrogens is 1. The van der Waals surface area contributed by atoms with Gasteiger partial charge in [0.15, 0.2) is 11.5 Å². The van der Waals surface area contributed by atoms with Crippen LogP contribution < -0.4 is 5.43 Å². The number of nitrogens with one attached hydrogen (secondary N) is 2. The van der Waals surface area contributed by atoms with Crippen molar-refractivity contribution in [2.75, 3.05) is 0 Å². The number of aromatic nitrogens is 2. The van der Waals surface area contributed by atoms with Crippen LogP contribution in [0.3, 0.4) is 0 Å². The summed E-state index contributed by atoms with van der Waals surface area (Å²) in [7, 11) is 0. The van der Waals surface area contributed by atoms with Crippen LogP contribution in [0.2, 0.25) is 0 Å². The summed E-state index contributed by atoms with van der Waals surface area (Å²) in [6.45, 7) is 0. The van der Waals surface area contributed by atoms with Crippen molar-refractivity contribution in [1.82, 2.24) is 15.6 Å². The SMILES string of the molecule is O=C(NN=C/C(Br)=C\c1ccccc1)c1cc(-c2ccco2)[nH]n1. The van der Waals surface area contributed by atoms with E-state index in [1.54, 1.807) is 24.5 Å². The number of benzene rings is 1. The molecule has 2 N–H and O–H groups in total. The predicted octanol–water partition coefficient (Wildman–Crippen LogP) is 3.82. The zero-order valence-corrected chi connectivity index (χ0v) is 14.0. The molecule has 0 radical (unpaired) electrons. The molecule has 1 aromatic carbocycles. The zero-order chi connectivity index (χ0) is 16.8. The van der Waals surface area contributed by atoms with E-state index in [0.29, 0.717) is 11.5 Å². The van der Waals surface area contributed by atoms with Gasteiger partial charge in [0.1, 0.15) is 5.69 Å². The Bertz CT molecular complexity index is 867. The summed E-state index contributed by atoms with van der Waals surface area (Å²) in [5.41, 5.74) is 4.29. The van der Waals surface area contributed by atoms with E-state index in [9.17, 15) is 4.79 Å². The largest absolute Gasteiger partial charge is 0.463 e. The molecule has 0 atom stereocenters. The van der Waals surface area contributed by atoms with Crippen molar-refractivity contribution in [2.24, 2.45) is 5.10 Å². The van der Waals surface area contributed by atoms with E-state index < -0.39 is 5.91 Å². The number of halogens is 1. The number of carbonyl (C=O) groups excluding carboxylic acids is 1. The maximum atomic E-state index is 12.0. The number of furan rings is 1. The third kappa shape index (κ3) is 4.08. The quantitative estimate of drug-likeness (QED) is 0.517. The lowest BCUT2D eigenvalue weighted by Crippen LogP contribution is -2.17. The van der Waals surface area contributed by atoms with Gasteiger partial charge in [0.25, 0.3) is 5.91 Å². The summed E-state index contributed by atoms with van der Waals surface area (Å²) in [5, 5.41) is 10.6. The van der Waals surface area contributed by atoms with Crippen molar-refractivity contribution in [1.29, 1.82) is 0 Å². The van der Waals surface area contributed by atoms with Crippen LogP contribution in [0.1, 0.15) is 16.1 Å². The third-order valence-corrected chi connectivity index (χ3v) is 3.49. The standard InChI is InChI=1S/C17H13BrN4O2/c18-13(9-12-5-2-1-3-6-12)11-19-22-17(23)15-10-14(20-21-15)16-7-4-8-24-16/h1-11H,(H,20,21)(H,22,23)/b13-9+,19-11?. The molecule has 1 amide bonds. The molecule has 0 aliphatic heterocycles. The van der Waals surface area contributed by atoms with Crippen molar-refractivity contribution < 1.29 is 9.21 Å². The van der Waals surface area contributed by atoms with Gasteiger partial charge in [-0.3, -0.25) is 9.89 Å². The smallest absolute Gasteiger partial charge is 0.291 e. The van der Waals surface area contributed by atoms with Crippen molar-refractivity contribution in [3.05, 3.63) is 70.5 Å². The fourth-order valence-electron chi connectivity index (χ4n) is 1.95. The molecule has 2 heterocycles. The van der Waals surface area contributed by atoms with Crippen molar-refractivity contribution in [2.45, 2.75) is 0 Å². The molecule has 7 heteroatoms. The Morgan fingerprint density at radius 2 is 2.08 bits per heavy atom. The van der Waals surface area contributed by atoms with Crippen LogP contribution in [-0.4, -0.2) is 22.3 Å². The molecule has 0 fully saturated rings. The normalized spacial score (nSPS) is 11.8. The second-order valence-electron chi connectivity index (χ2n) is 4.78. The Balaban J connectivity index is 1.60. The molecule has 3 aromatic rings. The van der Waals surface area contributed by atoms with E-state index in [2.05, 4.69) is 36.7 Å². The molecular formula is C17H13BrN4O2. The van der Waals surface area contributed by atoms with Gasteiger partial charge in [-0.2, -0.15) is 10.2 Å². The maximum absolute atomic E-state index is 12.0. The lowest BCUT2D eigenvalue weighted by Gasteiger charge is -1.95. The number of amides is 1. The molecule has 0 saturated heterocycles. The Morgan fingerprint density at radius 1 is 1.25 bits per heavy atom. The topological polar surface area (TPSA) is 83.3 Å². The van der Waals surface area contributed by atoms with Gasteiger partial charge < -0.3 is 4.42 Å². The fraction of sp³-hybridized carbons (Fsp3) is 0. The van der Waals surface area contributed by atoms with Gasteiger partial charge >= 0.3 is 0 Å². The van der Waals surface area contributed by atoms with Crippen LogP contribution in [-0.2, 0) is 0 Å². The molecule has 120 valence electrons. The molecule has 0 aliphatic carbocycles. The molecule has 2 aromatic heterocycles. The van der Waals surface area contributed by atoms with Crippen LogP contribution >= 0.6 is 15.9 Å². The average molecular weight is 385 g/mol. The van der Waals surface area contributed by atoms with Crippen molar-refractivity contribution in [3.8, 4) is 11.5 Å². The summed E-state index contributed by atoms with van der Waals surface area (Å²) in [4.78, 5) is 12.0. The number of nitrogens with zero attached hydrogens (tertiary/aromatic N) is 2. The minimum atomic E-state index is -0.416. The Labute approximate surface area is 146 Å². The van der Waals surface area contributed by atoms with Gasteiger partial charge in [0, 0.05) is 10.5 Å². The van der Waals surface area contributed by atoms with Gasteiger partial charge in [-0.25, -0.2) is 5.43 Å². The molecule has 24 heavy (non-hydrogen) atoms. The van der Waals surface area contributed by atoms with E-state index in [1.807, 2.05) is 36.4 Å². The number of hydrazone groups is 1.